The van der Waals surface area contributed by atoms with Gasteiger partial charge in [-0.05, 0) is 0 Å². The number of hydrogen-bond donors (Lipinski definition) is 6. The van der Waals surface area contributed by atoms with E-state index >= 15 is 0 Å². The van der Waals surface area contributed by atoms with E-state index < -0.39 is 22.3 Å². The van der Waals surface area contributed by atoms with Gasteiger partial charge in [0, 0.05) is 0 Å². The molecule has 0 atom stereocenters. The molecule has 64 valence electrons. The molecular formula is H6AsO8P. The Kier molecular flexibility index (Phi) is 5.54. The zero-order valence-corrected chi connectivity index (χ0v) is 7.17. The first-order valence-corrected chi connectivity index (χ1v) is 6.41. The van der Waals surface area contributed by atoms with Gasteiger partial charge in [-0.2, -0.15) is 0 Å². The average Bonchev–Trinajstić information content (AvgIpc) is 1.12. The van der Waals surface area contributed by atoms with Crippen molar-refractivity contribution in [3.8, 4) is 0 Å². The van der Waals surface area contributed by atoms with Gasteiger partial charge in [0.15, 0.2) is 0 Å². The fourth-order valence-electron chi connectivity index (χ4n) is 0. The van der Waals surface area contributed by atoms with Crippen LogP contribution in [0.1, 0.15) is 0 Å². The molecule has 0 aliphatic carbocycles. The van der Waals surface area contributed by atoms with Crippen molar-refractivity contribution in [2.45, 2.75) is 0 Å². The van der Waals surface area contributed by atoms with E-state index in [0.717, 1.165) is 0 Å². The summed E-state index contributed by atoms with van der Waals surface area (Å²) in [5, 5.41) is 0. The summed E-state index contributed by atoms with van der Waals surface area (Å²) in [5.74, 6) is 0. The molecule has 0 fully saturated rings. The predicted octanol–water partition coefficient (Wildman–Crippen LogP) is -3.10. The molecule has 0 bridgehead atoms. The van der Waals surface area contributed by atoms with Gasteiger partial charge >= 0.3 is 38.4 Å². The minimum atomic E-state index is -5.12. The Balaban J connectivity index is 0. The van der Waals surface area contributed by atoms with Crippen LogP contribution >= 0.6 is 7.82 Å². The van der Waals surface area contributed by atoms with Crippen LogP contribution < -0.4 is 0 Å². The van der Waals surface area contributed by atoms with Crippen molar-refractivity contribution in [2.75, 3.05) is 0 Å². The van der Waals surface area contributed by atoms with Gasteiger partial charge in [-0.15, -0.1) is 0 Å². The first-order valence-electron chi connectivity index (χ1n) is 1.57. The van der Waals surface area contributed by atoms with E-state index in [0.29, 0.717) is 0 Å². The van der Waals surface area contributed by atoms with Gasteiger partial charge in [-0.1, -0.05) is 0 Å². The van der Waals surface area contributed by atoms with Gasteiger partial charge in [0.2, 0.25) is 0 Å². The molecular weight excluding hydrogens is 234 g/mol. The molecule has 6 N–H and O–H groups in total. The molecule has 0 saturated carbocycles. The number of rotatable bonds is 0. The SMILES string of the molecule is O=P(O)(O)O.O=[As](O)(O)O. The van der Waals surface area contributed by atoms with E-state index in [4.69, 9.17) is 35.3 Å². The molecule has 10 heavy (non-hydrogen) atoms. The molecule has 0 unspecified atom stereocenters. The standard InChI is InChI=1S/AsH3O4.H3O4P/c2-1(3,4)5;1-5(2,3)4/h(H3,2,3,4,5);(H3,1,2,3,4). The van der Waals surface area contributed by atoms with Crippen LogP contribution in [0.5, 0.6) is 0 Å². The van der Waals surface area contributed by atoms with Crippen LogP contribution in [0, 0.1) is 0 Å². The molecule has 0 radical (unpaired) electrons. The third kappa shape index (κ3) is 3710. The maximum absolute atomic E-state index is 8.94. The molecule has 0 aliphatic rings. The van der Waals surface area contributed by atoms with Crippen LogP contribution in [0.2, 0.25) is 0 Å². The average molecular weight is 240 g/mol. The summed E-state index contributed by atoms with van der Waals surface area (Å²) < 4.78 is 39.6. The molecule has 0 rings (SSSR count). The van der Waals surface area contributed by atoms with Crippen molar-refractivity contribution >= 4 is 22.3 Å². The van der Waals surface area contributed by atoms with E-state index in [1.54, 1.807) is 0 Å². The Morgan fingerprint density at radius 2 is 1.00 bits per heavy atom. The molecule has 0 spiro atoms. The molecule has 8 nitrogen and oxygen atoms in total. The predicted molar refractivity (Wildman–Crippen MR) is 27.4 cm³/mol. The summed E-state index contributed by atoms with van der Waals surface area (Å²) in [5.41, 5.74) is 0. The van der Waals surface area contributed by atoms with Crippen LogP contribution in [0.15, 0.2) is 0 Å². The first kappa shape index (κ1) is 13.0. The maximum atomic E-state index is 8.94. The zero-order valence-electron chi connectivity index (χ0n) is 4.39. The third-order valence-electron chi connectivity index (χ3n) is 0. The summed E-state index contributed by atoms with van der Waals surface area (Å²) in [7, 11) is -4.64. The molecule has 0 aromatic heterocycles. The van der Waals surface area contributed by atoms with Crippen molar-refractivity contribution < 1.29 is 35.3 Å². The molecule has 0 saturated heterocycles. The van der Waals surface area contributed by atoms with E-state index in [2.05, 4.69) is 0 Å². The van der Waals surface area contributed by atoms with Crippen LogP contribution in [-0.4, -0.2) is 41.5 Å². The molecule has 0 aromatic rings. The second-order valence-corrected chi connectivity index (χ2v) is 4.21. The van der Waals surface area contributed by atoms with Crippen LogP contribution in [-0.2, 0) is 8.30 Å². The van der Waals surface area contributed by atoms with Gasteiger partial charge in [0.25, 0.3) is 0 Å². The van der Waals surface area contributed by atoms with E-state index in [1.165, 1.54) is 0 Å². The monoisotopic (exact) mass is 240 g/mol. The molecule has 0 aliphatic heterocycles. The van der Waals surface area contributed by atoms with Crippen molar-refractivity contribution in [1.29, 1.82) is 0 Å². The van der Waals surface area contributed by atoms with Crippen LogP contribution in [0.3, 0.4) is 0 Å². The van der Waals surface area contributed by atoms with Crippen molar-refractivity contribution in [2.24, 2.45) is 0 Å². The molecule has 0 aromatic carbocycles. The van der Waals surface area contributed by atoms with E-state index in [1.807, 2.05) is 0 Å². The van der Waals surface area contributed by atoms with Crippen LogP contribution in [0.25, 0.3) is 0 Å². The normalized spacial score (nSPS) is 11.8. The van der Waals surface area contributed by atoms with Gasteiger partial charge in [-0.25, -0.2) is 4.57 Å². The Morgan fingerprint density at radius 1 is 1.00 bits per heavy atom. The Labute approximate surface area is 58.3 Å². The number of phosphoric acid groups is 1. The summed E-state index contributed by atoms with van der Waals surface area (Å²) in [6.45, 7) is 0. The van der Waals surface area contributed by atoms with Crippen molar-refractivity contribution in [1.82, 2.24) is 0 Å². The Bertz CT molecular complexity index is 122. The van der Waals surface area contributed by atoms with E-state index in [-0.39, 0.29) is 0 Å². The molecule has 10 heteroatoms. The summed E-state index contributed by atoms with van der Waals surface area (Å²) in [6.07, 6.45) is 0. The quantitative estimate of drug-likeness (QED) is 0.192. The third-order valence-corrected chi connectivity index (χ3v) is 0. The van der Waals surface area contributed by atoms with Crippen molar-refractivity contribution in [3.63, 3.8) is 0 Å². The zero-order chi connectivity index (χ0) is 9.00. The first-order chi connectivity index (χ1) is 4.00. The van der Waals surface area contributed by atoms with Gasteiger partial charge in [-0.3, -0.25) is 0 Å². The van der Waals surface area contributed by atoms with E-state index in [9.17, 15) is 0 Å². The summed E-state index contributed by atoms with van der Waals surface area (Å²) in [6, 6.07) is 0. The Morgan fingerprint density at radius 3 is 1.00 bits per heavy atom. The van der Waals surface area contributed by atoms with Gasteiger partial charge in [0.05, 0.1) is 0 Å². The molecule has 0 amide bonds. The minimum absolute atomic E-state index is 4.64. The Hall–Kier alpha value is 0.348. The van der Waals surface area contributed by atoms with Crippen molar-refractivity contribution in [3.05, 3.63) is 0 Å². The summed E-state index contributed by atoms with van der Waals surface area (Å²) in [4.78, 5) is 21.6. The summed E-state index contributed by atoms with van der Waals surface area (Å²) >= 11 is -5.12. The topological polar surface area (TPSA) is 156 Å². The van der Waals surface area contributed by atoms with Gasteiger partial charge < -0.3 is 14.7 Å². The second-order valence-electron chi connectivity index (χ2n) is 1.03. The molecule has 0 heterocycles. The fraction of sp³-hybridized carbons (Fsp3) is 0. The fourth-order valence-corrected chi connectivity index (χ4v) is 0. The van der Waals surface area contributed by atoms with Gasteiger partial charge in [0.1, 0.15) is 0 Å². The second kappa shape index (κ2) is 4.27. The number of hydrogen-bond acceptors (Lipinski definition) is 2. The van der Waals surface area contributed by atoms with Crippen LogP contribution in [0.4, 0.5) is 0 Å².